The Morgan fingerprint density at radius 3 is 1.70 bits per heavy atom. The average Bonchev–Trinajstić information content (AvgIpc) is 2.55. The summed E-state index contributed by atoms with van der Waals surface area (Å²) in [7, 11) is -3.88. The van der Waals surface area contributed by atoms with Crippen LogP contribution in [0.3, 0.4) is 0 Å². The van der Waals surface area contributed by atoms with Gasteiger partial charge in [-0.1, -0.05) is 13.8 Å². The van der Waals surface area contributed by atoms with E-state index in [0.29, 0.717) is 37.8 Å². The summed E-state index contributed by atoms with van der Waals surface area (Å²) < 4.78 is 31.3. The van der Waals surface area contributed by atoms with Gasteiger partial charge in [-0.25, -0.2) is 0 Å². The van der Waals surface area contributed by atoms with E-state index in [2.05, 4.69) is 29.0 Å². The van der Waals surface area contributed by atoms with Gasteiger partial charge in [-0.05, 0) is 64.5 Å². The lowest BCUT2D eigenvalue weighted by molar-refractivity contribution is 0.163. The van der Waals surface area contributed by atoms with E-state index in [4.69, 9.17) is 4.55 Å². The Morgan fingerprint density at radius 2 is 1.30 bits per heavy atom. The van der Waals surface area contributed by atoms with E-state index >= 15 is 0 Å². The van der Waals surface area contributed by atoms with Crippen molar-refractivity contribution in [3.8, 4) is 0 Å². The molecule has 1 N–H and O–H groups in total. The van der Waals surface area contributed by atoms with Crippen LogP contribution in [0.1, 0.15) is 65.2 Å². The van der Waals surface area contributed by atoms with Crippen molar-refractivity contribution >= 4 is 10.1 Å². The van der Waals surface area contributed by atoms with Gasteiger partial charge in [0.15, 0.2) is 0 Å². The van der Waals surface area contributed by atoms with Crippen LogP contribution in [0.5, 0.6) is 0 Å². The first-order valence-corrected chi connectivity index (χ1v) is 10.5. The predicted molar refractivity (Wildman–Crippen MR) is 91.4 cm³/mol. The Bertz CT molecular complexity index is 475. The first-order chi connectivity index (χ1) is 10.9. The second-order valence-corrected chi connectivity index (χ2v) is 8.56. The Hall–Kier alpha value is -0.530. The first-order valence-electron chi connectivity index (χ1n) is 9.04. The number of azo groups is 1. The summed E-state index contributed by atoms with van der Waals surface area (Å²) in [4.78, 5) is 2.53. The molecule has 0 aromatic carbocycles. The minimum Gasteiger partial charge on any atom is -0.301 e. The molecule has 2 saturated carbocycles. The number of rotatable bonds is 6. The van der Waals surface area contributed by atoms with Crippen molar-refractivity contribution in [2.45, 2.75) is 88.6 Å². The van der Waals surface area contributed by atoms with E-state index < -0.39 is 15.4 Å². The zero-order valence-corrected chi connectivity index (χ0v) is 15.2. The lowest BCUT2D eigenvalue weighted by Crippen LogP contribution is -2.38. The van der Waals surface area contributed by atoms with Crippen molar-refractivity contribution in [2.75, 3.05) is 13.1 Å². The van der Waals surface area contributed by atoms with Crippen LogP contribution in [0.2, 0.25) is 0 Å². The predicted octanol–water partition coefficient (Wildman–Crippen LogP) is 3.29. The fourth-order valence-electron chi connectivity index (χ4n) is 3.93. The van der Waals surface area contributed by atoms with Crippen molar-refractivity contribution < 1.29 is 13.0 Å². The lowest BCUT2D eigenvalue weighted by atomic mass is 9.90. The highest BCUT2D eigenvalue weighted by atomic mass is 32.2. The van der Waals surface area contributed by atoms with E-state index in [9.17, 15) is 8.42 Å². The Labute approximate surface area is 140 Å². The molecule has 6 nitrogen and oxygen atoms in total. The normalized spacial score (nSPS) is 33.4. The fourth-order valence-corrected chi connectivity index (χ4v) is 4.79. The van der Waals surface area contributed by atoms with Gasteiger partial charge in [0.25, 0.3) is 10.1 Å². The van der Waals surface area contributed by atoms with Crippen LogP contribution in [0, 0.1) is 0 Å². The molecular formula is C16H31N3O3S. The van der Waals surface area contributed by atoms with Gasteiger partial charge >= 0.3 is 0 Å². The molecule has 0 unspecified atom stereocenters. The van der Waals surface area contributed by atoms with Gasteiger partial charge < -0.3 is 4.90 Å². The Kier molecular flexibility index (Phi) is 6.98. The van der Waals surface area contributed by atoms with E-state index in [0.717, 1.165) is 25.9 Å². The summed E-state index contributed by atoms with van der Waals surface area (Å²) in [6.45, 7) is 6.67. The fraction of sp³-hybridized carbons (Fsp3) is 1.00. The molecular weight excluding hydrogens is 314 g/mol. The molecule has 0 amide bonds. The van der Waals surface area contributed by atoms with Crippen LogP contribution < -0.4 is 0 Å². The van der Waals surface area contributed by atoms with Crippen molar-refractivity contribution in [2.24, 2.45) is 10.2 Å². The van der Waals surface area contributed by atoms with Crippen LogP contribution >= 0.6 is 0 Å². The Balaban J connectivity index is 1.74. The van der Waals surface area contributed by atoms with Crippen LogP contribution in [-0.2, 0) is 10.1 Å². The molecule has 2 rings (SSSR count). The molecule has 0 radical (unpaired) electrons. The molecule has 0 saturated heterocycles. The zero-order chi connectivity index (χ0) is 16.9. The standard InChI is InChI=1S/C16H31N3O3S/c1-3-19(4-2)15-9-5-13(6-10-15)17-18-14-7-11-16(12-8-14)23(20,21)22/h13-16H,3-12H2,1-2H3,(H,20,21,22). The van der Waals surface area contributed by atoms with Gasteiger partial charge in [-0.15, -0.1) is 0 Å². The molecule has 0 spiro atoms. The molecule has 0 bridgehead atoms. The maximum Gasteiger partial charge on any atom is 0.267 e. The van der Waals surface area contributed by atoms with E-state index in [1.165, 1.54) is 12.8 Å². The quantitative estimate of drug-likeness (QED) is 0.591. The number of hydrogen-bond acceptors (Lipinski definition) is 5. The Morgan fingerprint density at radius 1 is 0.870 bits per heavy atom. The van der Waals surface area contributed by atoms with E-state index in [1.54, 1.807) is 0 Å². The van der Waals surface area contributed by atoms with Crippen molar-refractivity contribution in [3.63, 3.8) is 0 Å². The molecule has 0 aromatic heterocycles. The molecule has 0 aromatic rings. The van der Waals surface area contributed by atoms with Gasteiger partial charge in [-0.2, -0.15) is 18.6 Å². The summed E-state index contributed by atoms with van der Waals surface area (Å²) in [6.07, 6.45) is 7.01. The summed E-state index contributed by atoms with van der Waals surface area (Å²) in [6, 6.07) is 1.16. The third-order valence-electron chi connectivity index (χ3n) is 5.45. The molecule has 2 fully saturated rings. The SMILES string of the molecule is CCN(CC)C1CCC(N=NC2CCC(S(=O)(=O)O)CC2)CC1. The number of nitrogens with zero attached hydrogens (tertiary/aromatic N) is 3. The molecule has 23 heavy (non-hydrogen) atoms. The van der Waals surface area contributed by atoms with Gasteiger partial charge in [0.05, 0.1) is 17.3 Å². The molecule has 2 aliphatic carbocycles. The van der Waals surface area contributed by atoms with Gasteiger partial charge in [0.2, 0.25) is 0 Å². The molecule has 134 valence electrons. The number of hydrogen-bond donors (Lipinski definition) is 1. The van der Waals surface area contributed by atoms with Gasteiger partial charge in [0, 0.05) is 6.04 Å². The largest absolute Gasteiger partial charge is 0.301 e. The highest BCUT2D eigenvalue weighted by molar-refractivity contribution is 7.86. The maximum absolute atomic E-state index is 11.1. The highest BCUT2D eigenvalue weighted by Gasteiger charge is 2.30. The van der Waals surface area contributed by atoms with Crippen LogP contribution in [0.4, 0.5) is 0 Å². The first kappa shape index (κ1) is 18.8. The van der Waals surface area contributed by atoms with Crippen molar-refractivity contribution in [1.82, 2.24) is 4.90 Å². The minimum atomic E-state index is -3.88. The maximum atomic E-state index is 11.1. The summed E-state index contributed by atoms with van der Waals surface area (Å²) in [5.74, 6) is 0. The van der Waals surface area contributed by atoms with Crippen LogP contribution in [0.25, 0.3) is 0 Å². The average molecular weight is 346 g/mol. The summed E-state index contributed by atoms with van der Waals surface area (Å²) >= 11 is 0. The second-order valence-electron chi connectivity index (χ2n) is 6.86. The monoisotopic (exact) mass is 345 g/mol. The molecule has 0 aliphatic heterocycles. The summed E-state index contributed by atoms with van der Waals surface area (Å²) in [5.41, 5.74) is 0. The van der Waals surface area contributed by atoms with Gasteiger partial charge in [0.1, 0.15) is 0 Å². The third kappa shape index (κ3) is 5.50. The molecule has 0 atom stereocenters. The van der Waals surface area contributed by atoms with E-state index in [-0.39, 0.29) is 6.04 Å². The second kappa shape index (κ2) is 8.53. The van der Waals surface area contributed by atoms with E-state index in [1.807, 2.05) is 0 Å². The third-order valence-corrected chi connectivity index (χ3v) is 6.77. The topological polar surface area (TPSA) is 82.3 Å². The van der Waals surface area contributed by atoms with Crippen LogP contribution in [-0.4, -0.2) is 54.3 Å². The lowest BCUT2D eigenvalue weighted by Gasteiger charge is -2.34. The molecule has 0 heterocycles. The minimum absolute atomic E-state index is 0.133. The van der Waals surface area contributed by atoms with Crippen molar-refractivity contribution in [1.29, 1.82) is 0 Å². The summed E-state index contributed by atoms with van der Waals surface area (Å²) in [5, 5.41) is 8.40. The zero-order valence-electron chi connectivity index (χ0n) is 14.4. The smallest absolute Gasteiger partial charge is 0.267 e. The molecule has 7 heteroatoms. The molecule has 2 aliphatic rings. The van der Waals surface area contributed by atoms with Gasteiger partial charge in [-0.3, -0.25) is 4.55 Å². The van der Waals surface area contributed by atoms with Crippen LogP contribution in [0.15, 0.2) is 10.2 Å². The van der Waals surface area contributed by atoms with Crippen molar-refractivity contribution in [3.05, 3.63) is 0 Å². The highest BCUT2D eigenvalue weighted by Crippen LogP contribution is 2.28.